The molecule has 174 valence electrons. The Hall–Kier alpha value is -2.04. The highest BCUT2D eigenvalue weighted by Gasteiger charge is 2.31. The van der Waals surface area contributed by atoms with E-state index < -0.39 is 17.8 Å². The van der Waals surface area contributed by atoms with E-state index in [9.17, 15) is 18.3 Å². The summed E-state index contributed by atoms with van der Waals surface area (Å²) < 4.78 is 48.7. The van der Waals surface area contributed by atoms with Crippen molar-refractivity contribution in [3.05, 3.63) is 29.8 Å². The zero-order valence-corrected chi connectivity index (χ0v) is 17.8. The molecule has 0 amide bonds. The Morgan fingerprint density at radius 2 is 1.97 bits per heavy atom. The number of guanidine groups is 1. The van der Waals surface area contributed by atoms with Crippen molar-refractivity contribution in [2.45, 2.75) is 31.7 Å². The number of nitrogens with one attached hydrogen (secondary N) is 1. The third-order valence-electron chi connectivity index (χ3n) is 5.44. The van der Waals surface area contributed by atoms with E-state index in [2.05, 4.69) is 20.1 Å². The molecule has 1 aromatic rings. The van der Waals surface area contributed by atoms with Gasteiger partial charge in [0.1, 0.15) is 18.5 Å². The summed E-state index contributed by atoms with van der Waals surface area (Å²) in [5.74, 6) is 1.03. The number of aliphatic imine (C=N–C) groups is 1. The van der Waals surface area contributed by atoms with E-state index in [4.69, 9.17) is 9.47 Å². The molecule has 2 saturated heterocycles. The second kappa shape index (κ2) is 11.0. The maximum atomic E-state index is 12.6. The van der Waals surface area contributed by atoms with Crippen LogP contribution in [0.5, 0.6) is 5.75 Å². The van der Waals surface area contributed by atoms with Gasteiger partial charge >= 0.3 is 6.18 Å². The number of hydrogen-bond donors (Lipinski definition) is 2. The summed E-state index contributed by atoms with van der Waals surface area (Å²) in [4.78, 5) is 9.20. The third-order valence-corrected chi connectivity index (χ3v) is 5.44. The van der Waals surface area contributed by atoms with E-state index in [-0.39, 0.29) is 18.9 Å². The summed E-state index contributed by atoms with van der Waals surface area (Å²) in [6.45, 7) is 8.02. The summed E-state index contributed by atoms with van der Waals surface area (Å²) in [5.41, 5.74) is -0.735. The zero-order chi connectivity index (χ0) is 22.3. The number of likely N-dealkylation sites (tertiary alicyclic amines) is 1. The molecule has 2 N–H and O–H groups in total. The normalized spacial score (nSPS) is 21.9. The first-order chi connectivity index (χ1) is 14.9. The summed E-state index contributed by atoms with van der Waals surface area (Å²) in [5, 5.41) is 13.5. The van der Waals surface area contributed by atoms with Crippen LogP contribution < -0.4 is 10.1 Å². The van der Waals surface area contributed by atoms with Gasteiger partial charge in [0.25, 0.3) is 0 Å². The fraction of sp³-hybridized carbons (Fsp3) is 0.667. The fourth-order valence-corrected chi connectivity index (χ4v) is 3.78. The van der Waals surface area contributed by atoms with E-state index >= 15 is 0 Å². The fourth-order valence-electron chi connectivity index (χ4n) is 3.78. The third kappa shape index (κ3) is 6.98. The van der Waals surface area contributed by atoms with Crippen molar-refractivity contribution in [2.24, 2.45) is 4.99 Å². The van der Waals surface area contributed by atoms with Crippen LogP contribution in [0, 0.1) is 0 Å². The second-order valence-corrected chi connectivity index (χ2v) is 7.72. The van der Waals surface area contributed by atoms with Crippen LogP contribution in [0.3, 0.4) is 0 Å². The van der Waals surface area contributed by atoms with E-state index in [1.165, 1.54) is 12.1 Å². The van der Waals surface area contributed by atoms with E-state index in [0.29, 0.717) is 6.04 Å². The first kappa shape index (κ1) is 23.6. The van der Waals surface area contributed by atoms with Gasteiger partial charge in [-0.1, -0.05) is 0 Å². The molecule has 2 atom stereocenters. The van der Waals surface area contributed by atoms with Crippen molar-refractivity contribution in [1.82, 2.24) is 15.1 Å². The zero-order valence-electron chi connectivity index (χ0n) is 17.8. The first-order valence-corrected chi connectivity index (χ1v) is 10.7. The largest absolute Gasteiger partial charge is 0.491 e. The SMILES string of the molecule is CCNC(=NCC(O)COc1ccc(C(F)(F)F)cc1)N1CCC(N2CCOCC2)C1. The second-order valence-electron chi connectivity index (χ2n) is 7.72. The number of aliphatic hydroxyl groups excluding tert-OH is 1. The van der Waals surface area contributed by atoms with Gasteiger partial charge in [-0.2, -0.15) is 13.2 Å². The smallest absolute Gasteiger partial charge is 0.416 e. The van der Waals surface area contributed by atoms with Gasteiger partial charge in [0, 0.05) is 38.8 Å². The summed E-state index contributed by atoms with van der Waals surface area (Å²) in [7, 11) is 0. The minimum absolute atomic E-state index is 0.0509. The molecule has 0 aliphatic carbocycles. The van der Waals surface area contributed by atoms with Crippen molar-refractivity contribution in [1.29, 1.82) is 0 Å². The number of nitrogens with zero attached hydrogens (tertiary/aromatic N) is 3. The van der Waals surface area contributed by atoms with Gasteiger partial charge in [0.15, 0.2) is 5.96 Å². The highest BCUT2D eigenvalue weighted by molar-refractivity contribution is 5.80. The molecule has 2 unspecified atom stereocenters. The Labute approximate surface area is 180 Å². The topological polar surface area (TPSA) is 69.6 Å². The van der Waals surface area contributed by atoms with Crippen molar-refractivity contribution < 1.29 is 27.8 Å². The number of hydrogen-bond acceptors (Lipinski definition) is 5. The molecule has 0 saturated carbocycles. The van der Waals surface area contributed by atoms with Crippen LogP contribution in [0.2, 0.25) is 0 Å². The van der Waals surface area contributed by atoms with E-state index in [1.807, 2.05) is 6.92 Å². The lowest BCUT2D eigenvalue weighted by molar-refractivity contribution is -0.137. The van der Waals surface area contributed by atoms with Gasteiger partial charge in [-0.05, 0) is 37.6 Å². The highest BCUT2D eigenvalue weighted by atomic mass is 19.4. The molecule has 31 heavy (non-hydrogen) atoms. The number of ether oxygens (including phenoxy) is 2. The number of morpholine rings is 1. The monoisotopic (exact) mass is 444 g/mol. The first-order valence-electron chi connectivity index (χ1n) is 10.7. The Morgan fingerprint density at radius 3 is 2.61 bits per heavy atom. The molecule has 0 bridgehead atoms. The Balaban J connectivity index is 1.48. The van der Waals surface area contributed by atoms with Crippen LogP contribution in [0.4, 0.5) is 13.2 Å². The maximum absolute atomic E-state index is 12.6. The molecule has 7 nitrogen and oxygen atoms in total. The predicted molar refractivity (Wildman–Crippen MR) is 111 cm³/mol. The Kier molecular flexibility index (Phi) is 8.39. The average Bonchev–Trinajstić information content (AvgIpc) is 3.25. The number of benzene rings is 1. The molecule has 2 fully saturated rings. The number of aliphatic hydroxyl groups is 1. The van der Waals surface area contributed by atoms with Crippen molar-refractivity contribution >= 4 is 5.96 Å². The minimum atomic E-state index is -4.38. The van der Waals surface area contributed by atoms with Crippen molar-refractivity contribution in [3.63, 3.8) is 0 Å². The van der Waals surface area contributed by atoms with Crippen LogP contribution in [-0.4, -0.2) is 92.1 Å². The Morgan fingerprint density at radius 1 is 1.26 bits per heavy atom. The predicted octanol–water partition coefficient (Wildman–Crippen LogP) is 1.82. The molecule has 0 aromatic heterocycles. The molecule has 2 aliphatic heterocycles. The standard InChI is InChI=1S/C21H31F3N4O3/c1-2-25-20(28-8-7-17(14-28)27-9-11-30-12-10-27)26-13-18(29)15-31-19-5-3-16(4-6-19)21(22,23)24/h3-6,17-18,29H,2,7-15H2,1H3,(H,25,26). The number of halogens is 3. The van der Waals surface area contributed by atoms with Gasteiger partial charge in [0.2, 0.25) is 0 Å². The van der Waals surface area contributed by atoms with Gasteiger partial charge in [-0.3, -0.25) is 9.89 Å². The highest BCUT2D eigenvalue weighted by Crippen LogP contribution is 2.30. The molecule has 2 aliphatic rings. The van der Waals surface area contributed by atoms with Crippen LogP contribution in [-0.2, 0) is 10.9 Å². The molecule has 3 rings (SSSR count). The molecule has 0 spiro atoms. The lowest BCUT2D eigenvalue weighted by Crippen LogP contribution is -2.46. The number of rotatable bonds is 7. The summed E-state index contributed by atoms with van der Waals surface area (Å²) in [6.07, 6.45) is -4.19. The summed E-state index contributed by atoms with van der Waals surface area (Å²) >= 11 is 0. The van der Waals surface area contributed by atoms with E-state index in [0.717, 1.165) is 70.5 Å². The van der Waals surface area contributed by atoms with Crippen LogP contribution >= 0.6 is 0 Å². The summed E-state index contributed by atoms with van der Waals surface area (Å²) in [6, 6.07) is 4.89. The van der Waals surface area contributed by atoms with E-state index in [1.54, 1.807) is 0 Å². The van der Waals surface area contributed by atoms with Gasteiger partial charge in [0.05, 0.1) is 25.3 Å². The van der Waals surface area contributed by atoms with Gasteiger partial charge < -0.3 is 24.8 Å². The van der Waals surface area contributed by atoms with Crippen molar-refractivity contribution in [3.8, 4) is 5.75 Å². The molecule has 10 heteroatoms. The molecule has 0 radical (unpaired) electrons. The minimum Gasteiger partial charge on any atom is -0.491 e. The van der Waals surface area contributed by atoms with Gasteiger partial charge in [-0.25, -0.2) is 0 Å². The average molecular weight is 444 g/mol. The maximum Gasteiger partial charge on any atom is 0.416 e. The van der Waals surface area contributed by atoms with Crippen LogP contribution in [0.1, 0.15) is 18.9 Å². The lowest BCUT2D eigenvalue weighted by atomic mass is 10.2. The Bertz CT molecular complexity index is 709. The molecular formula is C21H31F3N4O3. The molecule has 1 aromatic carbocycles. The van der Waals surface area contributed by atoms with Gasteiger partial charge in [-0.15, -0.1) is 0 Å². The lowest BCUT2D eigenvalue weighted by Gasteiger charge is -2.32. The van der Waals surface area contributed by atoms with Crippen LogP contribution in [0.25, 0.3) is 0 Å². The quantitative estimate of drug-likeness (QED) is 0.494. The molecular weight excluding hydrogens is 413 g/mol. The van der Waals surface area contributed by atoms with Crippen LogP contribution in [0.15, 0.2) is 29.3 Å². The van der Waals surface area contributed by atoms with Crippen molar-refractivity contribution in [2.75, 3.05) is 59.1 Å². The molecule has 2 heterocycles. The number of alkyl halides is 3.